The number of hydrogen-bond donors (Lipinski definition) is 2. The second kappa shape index (κ2) is 13.5. The quantitative estimate of drug-likeness (QED) is 0.286. The fourth-order valence-corrected chi connectivity index (χ4v) is 2.96. The summed E-state index contributed by atoms with van der Waals surface area (Å²) < 4.78 is 18.4. The predicted molar refractivity (Wildman–Crippen MR) is 126 cm³/mol. The van der Waals surface area contributed by atoms with Crippen molar-refractivity contribution < 1.29 is 8.91 Å². The van der Waals surface area contributed by atoms with Gasteiger partial charge in [-0.25, -0.2) is 9.38 Å². The van der Waals surface area contributed by atoms with Gasteiger partial charge < -0.3 is 20.1 Å². The van der Waals surface area contributed by atoms with E-state index in [-0.39, 0.29) is 29.8 Å². The fourth-order valence-electron chi connectivity index (χ4n) is 2.96. The van der Waals surface area contributed by atoms with Crippen LogP contribution < -0.4 is 10.6 Å². The number of rotatable bonds is 10. The van der Waals surface area contributed by atoms with Crippen LogP contribution in [0.5, 0.6) is 0 Å². The number of guanidine groups is 1. The Morgan fingerprint density at radius 1 is 1.14 bits per heavy atom. The molecule has 0 fully saturated rings. The number of benzene rings is 1. The van der Waals surface area contributed by atoms with Crippen molar-refractivity contribution in [3.8, 4) is 0 Å². The molecule has 0 spiro atoms. The van der Waals surface area contributed by atoms with Crippen LogP contribution in [-0.2, 0) is 25.9 Å². The third kappa shape index (κ3) is 8.30. The van der Waals surface area contributed by atoms with Crippen molar-refractivity contribution in [2.45, 2.75) is 46.7 Å². The summed E-state index contributed by atoms with van der Waals surface area (Å²) in [6, 6.07) is 6.63. The Labute approximate surface area is 190 Å². The van der Waals surface area contributed by atoms with Gasteiger partial charge in [-0.2, -0.15) is 0 Å². The molecule has 2 rings (SSSR count). The third-order valence-electron chi connectivity index (χ3n) is 4.50. The number of aliphatic imine (C=N–C) groups is 1. The van der Waals surface area contributed by atoms with E-state index < -0.39 is 0 Å². The Hall–Kier alpha value is -1.68. The van der Waals surface area contributed by atoms with Gasteiger partial charge in [-0.05, 0) is 38.1 Å². The van der Waals surface area contributed by atoms with E-state index in [0.717, 1.165) is 67.6 Å². The summed E-state index contributed by atoms with van der Waals surface area (Å²) in [6.07, 6.45) is 1.66. The summed E-state index contributed by atoms with van der Waals surface area (Å²) in [7, 11) is 2.05. The fraction of sp³-hybridized carbons (Fsp3) is 0.524. The molecule has 0 saturated heterocycles. The van der Waals surface area contributed by atoms with E-state index in [4.69, 9.17) is 9.52 Å². The molecule has 29 heavy (non-hydrogen) atoms. The number of likely N-dealkylation sites (N-methyl/N-ethyl adjacent to an activating group) is 1. The molecule has 0 amide bonds. The summed E-state index contributed by atoms with van der Waals surface area (Å²) in [5.74, 6) is 1.49. The highest BCUT2D eigenvalue weighted by Gasteiger charge is 2.13. The van der Waals surface area contributed by atoms with E-state index in [1.165, 1.54) is 12.1 Å². The minimum absolute atomic E-state index is 0. The maximum Gasteiger partial charge on any atom is 0.191 e. The first-order valence-corrected chi connectivity index (χ1v) is 9.98. The number of nitrogens with zero attached hydrogens (tertiary/aromatic N) is 3. The first-order valence-electron chi connectivity index (χ1n) is 9.98. The predicted octanol–water partition coefficient (Wildman–Crippen LogP) is 3.74. The van der Waals surface area contributed by atoms with Gasteiger partial charge >= 0.3 is 0 Å². The number of hydrogen-bond acceptors (Lipinski definition) is 4. The summed E-state index contributed by atoms with van der Waals surface area (Å²) in [5, 5.41) is 10.8. The van der Waals surface area contributed by atoms with Crippen molar-refractivity contribution in [2.24, 2.45) is 4.99 Å². The molecular weight excluding hydrogens is 484 g/mol. The van der Waals surface area contributed by atoms with Crippen LogP contribution in [0.3, 0.4) is 0 Å². The molecule has 2 aromatic rings. The zero-order valence-corrected chi connectivity index (χ0v) is 20.1. The van der Waals surface area contributed by atoms with E-state index in [1.54, 1.807) is 0 Å². The Morgan fingerprint density at radius 2 is 1.86 bits per heavy atom. The maximum absolute atomic E-state index is 13.0. The van der Waals surface area contributed by atoms with Gasteiger partial charge in [0.2, 0.25) is 0 Å². The van der Waals surface area contributed by atoms with Crippen LogP contribution in [0.2, 0.25) is 0 Å². The maximum atomic E-state index is 13.0. The largest absolute Gasteiger partial charge is 0.361 e. The molecule has 2 N–H and O–H groups in total. The molecule has 0 saturated carbocycles. The van der Waals surface area contributed by atoms with Gasteiger partial charge in [0, 0.05) is 38.2 Å². The zero-order chi connectivity index (χ0) is 20.4. The molecule has 0 radical (unpaired) electrons. The summed E-state index contributed by atoms with van der Waals surface area (Å²) in [5.41, 5.74) is 3.17. The first kappa shape index (κ1) is 25.4. The molecule has 8 heteroatoms. The summed E-state index contributed by atoms with van der Waals surface area (Å²) >= 11 is 0. The lowest BCUT2D eigenvalue weighted by Crippen LogP contribution is -2.40. The van der Waals surface area contributed by atoms with Crippen molar-refractivity contribution in [2.75, 3.05) is 26.7 Å². The lowest BCUT2D eigenvalue weighted by molar-refractivity contribution is 0.331. The zero-order valence-electron chi connectivity index (χ0n) is 17.8. The van der Waals surface area contributed by atoms with Crippen molar-refractivity contribution in [1.29, 1.82) is 0 Å². The smallest absolute Gasteiger partial charge is 0.191 e. The van der Waals surface area contributed by atoms with Gasteiger partial charge in [0.05, 0.1) is 12.2 Å². The standard InChI is InChI=1S/C21H32FN5O.HI/c1-5-19-18(20(6-2)28-26-19)14-25-21(23-7-3)24-12-13-27(4)15-16-8-10-17(22)11-9-16;/h8-11H,5-7,12-15H2,1-4H3,(H2,23,24,25);1H. The molecule has 162 valence electrons. The van der Waals surface area contributed by atoms with E-state index in [9.17, 15) is 4.39 Å². The summed E-state index contributed by atoms with van der Waals surface area (Å²) in [4.78, 5) is 6.89. The van der Waals surface area contributed by atoms with Crippen molar-refractivity contribution in [3.63, 3.8) is 0 Å². The molecule has 0 atom stereocenters. The average Bonchev–Trinajstić information content (AvgIpc) is 3.10. The minimum atomic E-state index is -0.204. The van der Waals surface area contributed by atoms with Gasteiger partial charge in [-0.15, -0.1) is 24.0 Å². The molecule has 0 unspecified atom stereocenters. The van der Waals surface area contributed by atoms with E-state index >= 15 is 0 Å². The molecule has 0 bridgehead atoms. The molecule has 1 aromatic heterocycles. The number of halogens is 2. The van der Waals surface area contributed by atoms with E-state index in [0.29, 0.717) is 6.54 Å². The van der Waals surface area contributed by atoms with Crippen LogP contribution in [0, 0.1) is 5.82 Å². The molecular formula is C21H33FIN5O. The van der Waals surface area contributed by atoms with E-state index in [1.807, 2.05) is 26.1 Å². The molecule has 6 nitrogen and oxygen atoms in total. The van der Waals surface area contributed by atoms with Crippen molar-refractivity contribution in [1.82, 2.24) is 20.7 Å². The van der Waals surface area contributed by atoms with Crippen LogP contribution in [0.15, 0.2) is 33.8 Å². The topological polar surface area (TPSA) is 65.7 Å². The van der Waals surface area contributed by atoms with Crippen molar-refractivity contribution >= 4 is 29.9 Å². The second-order valence-corrected chi connectivity index (χ2v) is 6.72. The van der Waals surface area contributed by atoms with Crippen LogP contribution in [0.1, 0.15) is 43.4 Å². The van der Waals surface area contributed by atoms with Crippen LogP contribution >= 0.6 is 24.0 Å². The Balaban J connectivity index is 0.00000420. The van der Waals surface area contributed by atoms with Crippen LogP contribution in [-0.4, -0.2) is 42.7 Å². The number of aromatic nitrogens is 1. The average molecular weight is 517 g/mol. The third-order valence-corrected chi connectivity index (χ3v) is 4.50. The van der Waals surface area contributed by atoms with E-state index in [2.05, 4.69) is 34.5 Å². The molecule has 0 aliphatic rings. The summed E-state index contributed by atoms with van der Waals surface area (Å²) in [6.45, 7) is 9.91. The lowest BCUT2D eigenvalue weighted by atomic mass is 10.1. The highest BCUT2D eigenvalue weighted by atomic mass is 127. The van der Waals surface area contributed by atoms with Gasteiger partial charge in [-0.3, -0.25) is 0 Å². The normalized spacial score (nSPS) is 11.4. The van der Waals surface area contributed by atoms with Gasteiger partial charge in [0.15, 0.2) is 5.96 Å². The lowest BCUT2D eigenvalue weighted by Gasteiger charge is -2.18. The Kier molecular flexibility index (Phi) is 11.8. The first-order chi connectivity index (χ1) is 13.6. The highest BCUT2D eigenvalue weighted by Crippen LogP contribution is 2.16. The molecule has 0 aliphatic heterocycles. The molecule has 1 aromatic carbocycles. The second-order valence-electron chi connectivity index (χ2n) is 6.72. The minimum Gasteiger partial charge on any atom is -0.361 e. The van der Waals surface area contributed by atoms with Gasteiger partial charge in [0.25, 0.3) is 0 Å². The van der Waals surface area contributed by atoms with Crippen molar-refractivity contribution in [3.05, 3.63) is 52.7 Å². The Bertz CT molecular complexity index is 727. The molecule has 0 aliphatic carbocycles. The highest BCUT2D eigenvalue weighted by molar-refractivity contribution is 14.0. The molecule has 1 heterocycles. The van der Waals surface area contributed by atoms with Gasteiger partial charge in [0.1, 0.15) is 11.6 Å². The number of nitrogens with one attached hydrogen (secondary N) is 2. The van der Waals surface area contributed by atoms with Crippen LogP contribution in [0.4, 0.5) is 4.39 Å². The monoisotopic (exact) mass is 517 g/mol. The van der Waals surface area contributed by atoms with Gasteiger partial charge in [-0.1, -0.05) is 31.1 Å². The SMILES string of the molecule is CCNC(=NCc1c(CC)noc1CC)NCCN(C)Cc1ccc(F)cc1.I. The van der Waals surface area contributed by atoms with Crippen LogP contribution in [0.25, 0.3) is 0 Å². The Morgan fingerprint density at radius 3 is 2.48 bits per heavy atom. The number of aryl methyl sites for hydroxylation is 2.